The van der Waals surface area contributed by atoms with E-state index < -0.39 is 0 Å². The monoisotopic (exact) mass is 323 g/mol. The summed E-state index contributed by atoms with van der Waals surface area (Å²) in [5.41, 5.74) is -0.194. The third-order valence-electron chi connectivity index (χ3n) is 4.30. The molecule has 4 nitrogen and oxygen atoms in total. The van der Waals surface area contributed by atoms with Gasteiger partial charge in [-0.15, -0.1) is 0 Å². The second-order valence-corrected chi connectivity index (χ2v) is 7.17. The summed E-state index contributed by atoms with van der Waals surface area (Å²) < 4.78 is 11.5. The molecule has 1 amide bonds. The standard InChI is InChI=1S/C17H22ClNO3/c1-17(2)9-12(6-7-21-17)16(20)19-10-15(11-19)22-14-5-3-4-13(18)8-14/h3-5,8,12,15H,6-7,9-11H2,1-2H3/t12-/m1/s1. The van der Waals surface area contributed by atoms with E-state index in [1.165, 1.54) is 0 Å². The van der Waals surface area contributed by atoms with Crippen LogP contribution >= 0.6 is 11.6 Å². The summed E-state index contributed by atoms with van der Waals surface area (Å²) in [5, 5.41) is 0.661. The van der Waals surface area contributed by atoms with Crippen LogP contribution in [0.1, 0.15) is 26.7 Å². The highest BCUT2D eigenvalue weighted by Crippen LogP contribution is 2.31. The van der Waals surface area contributed by atoms with Gasteiger partial charge in [-0.1, -0.05) is 17.7 Å². The quantitative estimate of drug-likeness (QED) is 0.858. The van der Waals surface area contributed by atoms with E-state index in [4.69, 9.17) is 21.1 Å². The molecule has 120 valence electrons. The van der Waals surface area contributed by atoms with E-state index in [1.807, 2.05) is 36.9 Å². The molecule has 2 aliphatic rings. The van der Waals surface area contributed by atoms with E-state index in [9.17, 15) is 4.79 Å². The minimum absolute atomic E-state index is 0.0651. The summed E-state index contributed by atoms with van der Waals surface area (Å²) in [6, 6.07) is 7.37. The smallest absolute Gasteiger partial charge is 0.226 e. The van der Waals surface area contributed by atoms with E-state index in [2.05, 4.69) is 0 Å². The highest BCUT2D eigenvalue weighted by Gasteiger charge is 2.39. The number of likely N-dealkylation sites (tertiary alicyclic amines) is 1. The number of halogens is 1. The number of amides is 1. The lowest BCUT2D eigenvalue weighted by Gasteiger charge is -2.43. The maximum absolute atomic E-state index is 12.5. The Morgan fingerprint density at radius 3 is 2.86 bits per heavy atom. The molecule has 0 saturated carbocycles. The van der Waals surface area contributed by atoms with Gasteiger partial charge in [-0.05, 0) is 44.9 Å². The first kappa shape index (κ1) is 15.6. The number of carbonyl (C=O) groups excluding carboxylic acids is 1. The molecular formula is C17H22ClNO3. The largest absolute Gasteiger partial charge is 0.487 e. The molecule has 1 aromatic rings. The summed E-state index contributed by atoms with van der Waals surface area (Å²) in [7, 11) is 0. The average molecular weight is 324 g/mol. The average Bonchev–Trinajstić information content (AvgIpc) is 2.40. The minimum Gasteiger partial charge on any atom is -0.487 e. The van der Waals surface area contributed by atoms with E-state index >= 15 is 0 Å². The molecule has 1 atom stereocenters. The minimum atomic E-state index is -0.194. The van der Waals surface area contributed by atoms with Gasteiger partial charge in [0, 0.05) is 17.5 Å². The van der Waals surface area contributed by atoms with Crippen molar-refractivity contribution >= 4 is 17.5 Å². The first-order valence-corrected chi connectivity index (χ1v) is 8.16. The Hall–Kier alpha value is -1.26. The van der Waals surface area contributed by atoms with Gasteiger partial charge in [-0.25, -0.2) is 0 Å². The number of carbonyl (C=O) groups is 1. The molecule has 22 heavy (non-hydrogen) atoms. The first-order valence-electron chi connectivity index (χ1n) is 7.78. The molecule has 0 radical (unpaired) electrons. The predicted molar refractivity (Wildman–Crippen MR) is 85.2 cm³/mol. The van der Waals surface area contributed by atoms with Crippen molar-refractivity contribution in [1.29, 1.82) is 0 Å². The normalized spacial score (nSPS) is 24.7. The van der Waals surface area contributed by atoms with Crippen LogP contribution in [0.2, 0.25) is 5.02 Å². The zero-order chi connectivity index (χ0) is 15.7. The molecule has 0 spiro atoms. The SMILES string of the molecule is CC1(C)C[C@H](C(=O)N2CC(Oc3cccc(Cl)c3)C2)CCO1. The fourth-order valence-electron chi connectivity index (χ4n) is 3.13. The second-order valence-electron chi connectivity index (χ2n) is 6.74. The van der Waals surface area contributed by atoms with Crippen molar-refractivity contribution < 1.29 is 14.3 Å². The van der Waals surface area contributed by atoms with Gasteiger partial charge < -0.3 is 14.4 Å². The van der Waals surface area contributed by atoms with E-state index in [1.54, 1.807) is 6.07 Å². The van der Waals surface area contributed by atoms with Crippen LogP contribution in [0.4, 0.5) is 0 Å². The number of hydrogen-bond donors (Lipinski definition) is 0. The Bertz CT molecular complexity index is 555. The summed E-state index contributed by atoms with van der Waals surface area (Å²) in [5.74, 6) is 1.08. The summed E-state index contributed by atoms with van der Waals surface area (Å²) in [6.45, 7) is 6.08. The molecule has 0 unspecified atom stereocenters. The van der Waals surface area contributed by atoms with E-state index in [0.717, 1.165) is 18.6 Å². The van der Waals surface area contributed by atoms with Crippen LogP contribution in [-0.2, 0) is 9.53 Å². The molecule has 0 N–H and O–H groups in total. The second kappa shape index (κ2) is 6.09. The number of hydrogen-bond acceptors (Lipinski definition) is 3. The van der Waals surface area contributed by atoms with Gasteiger partial charge in [-0.2, -0.15) is 0 Å². The Labute approximate surface area is 136 Å². The van der Waals surface area contributed by atoms with Crippen molar-refractivity contribution in [3.8, 4) is 5.75 Å². The Kier molecular flexibility index (Phi) is 4.33. The Morgan fingerprint density at radius 1 is 1.41 bits per heavy atom. The molecule has 3 rings (SSSR count). The van der Waals surface area contributed by atoms with Gasteiger partial charge >= 0.3 is 0 Å². The van der Waals surface area contributed by atoms with Crippen LogP contribution in [0, 0.1) is 5.92 Å². The van der Waals surface area contributed by atoms with Gasteiger partial charge in [0.25, 0.3) is 0 Å². The third-order valence-corrected chi connectivity index (χ3v) is 4.54. The van der Waals surface area contributed by atoms with E-state index in [0.29, 0.717) is 24.7 Å². The highest BCUT2D eigenvalue weighted by molar-refractivity contribution is 6.30. The zero-order valence-electron chi connectivity index (χ0n) is 13.0. The molecule has 0 aromatic heterocycles. The Balaban J connectivity index is 1.49. The van der Waals surface area contributed by atoms with Gasteiger partial charge in [0.15, 0.2) is 0 Å². The maximum atomic E-state index is 12.5. The van der Waals surface area contributed by atoms with Gasteiger partial charge in [0.2, 0.25) is 5.91 Å². The van der Waals surface area contributed by atoms with Gasteiger partial charge in [0.1, 0.15) is 11.9 Å². The molecule has 1 aromatic carbocycles. The van der Waals surface area contributed by atoms with Crippen LogP contribution in [0.3, 0.4) is 0 Å². The van der Waals surface area contributed by atoms with Crippen molar-refractivity contribution in [2.75, 3.05) is 19.7 Å². The predicted octanol–water partition coefficient (Wildman–Crippen LogP) is 3.13. The van der Waals surface area contributed by atoms with Crippen LogP contribution < -0.4 is 4.74 Å². The molecule has 2 saturated heterocycles. The fourth-order valence-corrected chi connectivity index (χ4v) is 3.31. The number of nitrogens with zero attached hydrogens (tertiary/aromatic N) is 1. The Morgan fingerprint density at radius 2 is 2.18 bits per heavy atom. The third kappa shape index (κ3) is 3.55. The van der Waals surface area contributed by atoms with Gasteiger partial charge in [-0.3, -0.25) is 4.79 Å². The van der Waals surface area contributed by atoms with E-state index in [-0.39, 0.29) is 23.5 Å². The highest BCUT2D eigenvalue weighted by atomic mass is 35.5. The summed E-state index contributed by atoms with van der Waals surface area (Å²) >= 11 is 5.94. The lowest BCUT2D eigenvalue weighted by molar-refractivity contribution is -0.153. The summed E-state index contributed by atoms with van der Waals surface area (Å²) in [4.78, 5) is 14.4. The van der Waals surface area contributed by atoms with Crippen LogP contribution in [0.5, 0.6) is 5.75 Å². The lowest BCUT2D eigenvalue weighted by atomic mass is 9.86. The lowest BCUT2D eigenvalue weighted by Crippen LogP contribution is -2.58. The molecule has 2 heterocycles. The molecule has 2 aliphatic heterocycles. The first-order chi connectivity index (χ1) is 10.4. The maximum Gasteiger partial charge on any atom is 0.226 e. The number of ether oxygens (including phenoxy) is 2. The fraction of sp³-hybridized carbons (Fsp3) is 0.588. The van der Waals surface area contributed by atoms with Gasteiger partial charge in [0.05, 0.1) is 18.7 Å². The van der Waals surface area contributed by atoms with Crippen LogP contribution in [0.15, 0.2) is 24.3 Å². The molecule has 5 heteroatoms. The number of rotatable bonds is 3. The molecule has 2 fully saturated rings. The van der Waals surface area contributed by atoms with Crippen molar-refractivity contribution in [2.45, 2.75) is 38.4 Å². The van der Waals surface area contributed by atoms with Crippen molar-refractivity contribution in [1.82, 2.24) is 4.90 Å². The molecule has 0 bridgehead atoms. The van der Waals surface area contributed by atoms with Crippen molar-refractivity contribution in [3.05, 3.63) is 29.3 Å². The topological polar surface area (TPSA) is 38.8 Å². The van der Waals surface area contributed by atoms with Crippen molar-refractivity contribution in [3.63, 3.8) is 0 Å². The van der Waals surface area contributed by atoms with Crippen LogP contribution in [-0.4, -0.2) is 42.2 Å². The van der Waals surface area contributed by atoms with Crippen LogP contribution in [0.25, 0.3) is 0 Å². The molecular weight excluding hydrogens is 302 g/mol. The summed E-state index contributed by atoms with van der Waals surface area (Å²) in [6.07, 6.45) is 1.68. The van der Waals surface area contributed by atoms with Crippen molar-refractivity contribution in [2.24, 2.45) is 5.92 Å². The molecule has 0 aliphatic carbocycles. The zero-order valence-corrected chi connectivity index (χ0v) is 13.8. The number of benzene rings is 1.